The van der Waals surface area contributed by atoms with Crippen molar-refractivity contribution in [3.05, 3.63) is 30.1 Å². The molecule has 7 heteroatoms. The molecule has 78 valence electrons. The van der Waals surface area contributed by atoms with E-state index < -0.39 is 3.92 Å². The summed E-state index contributed by atoms with van der Waals surface area (Å²) in [5.41, 5.74) is 0.491. The average Bonchev–Trinajstić information content (AvgIpc) is 2.04. The second-order valence-electron chi connectivity index (χ2n) is 2.21. The molecule has 1 aromatic rings. The first-order chi connectivity index (χ1) is 6.05. The van der Waals surface area contributed by atoms with Crippen LogP contribution in [0.4, 0.5) is 0 Å². The molecule has 0 fully saturated rings. The van der Waals surface area contributed by atoms with Crippen LogP contribution in [-0.2, 0) is 3.92 Å². The molecule has 0 radical (unpaired) electrons. The second kappa shape index (κ2) is 5.61. The highest BCUT2D eigenvalue weighted by Crippen LogP contribution is 2.25. The van der Waals surface area contributed by atoms with Crippen molar-refractivity contribution < 1.29 is 9.77 Å². The molecule has 3 nitrogen and oxygen atoms in total. The third-order valence-corrected chi connectivity index (χ3v) is 1.90. The van der Waals surface area contributed by atoms with Gasteiger partial charge >= 0.3 is 3.92 Å². The Bertz CT molecular complexity index is 324. The number of nitrogens with zero attached hydrogens (tertiary/aromatic N) is 2. The lowest BCUT2D eigenvalue weighted by Crippen LogP contribution is -2.48. The van der Waals surface area contributed by atoms with E-state index in [4.69, 9.17) is 40.0 Å². The lowest BCUT2D eigenvalue weighted by atomic mass is 10.3. The molecule has 0 aromatic carbocycles. The molecule has 0 aliphatic heterocycles. The molecule has 0 amide bonds. The Hall–Kier alpha value is -0.220. The van der Waals surface area contributed by atoms with Gasteiger partial charge in [-0.1, -0.05) is 5.16 Å². The standard InChI is InChI=1S/C7H5Cl3N2O.ClH/c8-7(9,10)12-4-2-1-3-6(12)5-11-13;/h1-5H;1H/p+1. The minimum Gasteiger partial charge on any atom is -0.411 e. The maximum Gasteiger partial charge on any atom is 0.399 e. The van der Waals surface area contributed by atoms with Crippen molar-refractivity contribution in [3.63, 3.8) is 0 Å². The lowest BCUT2D eigenvalue weighted by molar-refractivity contribution is -0.700. The zero-order valence-electron chi connectivity index (χ0n) is 6.77. The van der Waals surface area contributed by atoms with E-state index >= 15 is 0 Å². The van der Waals surface area contributed by atoms with Crippen LogP contribution in [0.3, 0.4) is 0 Å². The normalized spacial score (nSPS) is 11.4. The van der Waals surface area contributed by atoms with Crippen molar-refractivity contribution >= 4 is 53.4 Å². The molecule has 0 aliphatic rings. The van der Waals surface area contributed by atoms with Crippen molar-refractivity contribution in [1.29, 1.82) is 0 Å². The van der Waals surface area contributed by atoms with Crippen LogP contribution in [-0.4, -0.2) is 11.4 Å². The number of alkyl halides is 3. The van der Waals surface area contributed by atoms with Crippen molar-refractivity contribution in [1.82, 2.24) is 0 Å². The van der Waals surface area contributed by atoms with Crippen molar-refractivity contribution in [2.75, 3.05) is 0 Å². The number of rotatable bonds is 1. The first-order valence-corrected chi connectivity index (χ1v) is 4.44. The highest BCUT2D eigenvalue weighted by Gasteiger charge is 2.33. The molecule has 0 unspecified atom stereocenters. The van der Waals surface area contributed by atoms with E-state index in [0.717, 1.165) is 0 Å². The van der Waals surface area contributed by atoms with E-state index in [-0.39, 0.29) is 12.4 Å². The van der Waals surface area contributed by atoms with E-state index in [1.807, 2.05) is 0 Å². The number of oxime groups is 1. The molecule has 0 saturated heterocycles. The zero-order valence-corrected chi connectivity index (χ0v) is 9.85. The first-order valence-electron chi connectivity index (χ1n) is 3.31. The maximum absolute atomic E-state index is 8.34. The second-order valence-corrected chi connectivity index (χ2v) is 4.43. The number of hydrogen-bond acceptors (Lipinski definition) is 2. The molecule has 0 bridgehead atoms. The van der Waals surface area contributed by atoms with Gasteiger partial charge in [-0.2, -0.15) is 0 Å². The van der Waals surface area contributed by atoms with E-state index in [1.54, 1.807) is 24.4 Å². The van der Waals surface area contributed by atoms with Gasteiger partial charge in [0.25, 0.3) is 0 Å². The molecule has 1 N–H and O–H groups in total. The van der Waals surface area contributed by atoms with Gasteiger partial charge < -0.3 is 5.21 Å². The quantitative estimate of drug-likeness (QED) is 0.276. The van der Waals surface area contributed by atoms with E-state index in [2.05, 4.69) is 5.16 Å². The Balaban J connectivity index is 0.00000169. The van der Waals surface area contributed by atoms with Crippen LogP contribution < -0.4 is 4.57 Å². The van der Waals surface area contributed by atoms with E-state index in [1.165, 1.54) is 10.8 Å². The largest absolute Gasteiger partial charge is 0.411 e. The van der Waals surface area contributed by atoms with Crippen LogP contribution in [0, 0.1) is 0 Å². The fraction of sp³-hybridized carbons (Fsp3) is 0.143. The topological polar surface area (TPSA) is 36.5 Å². The molecule has 0 aliphatic carbocycles. The number of aromatic nitrogens is 1. The summed E-state index contributed by atoms with van der Waals surface area (Å²) in [7, 11) is 0. The molecule has 14 heavy (non-hydrogen) atoms. The minimum absolute atomic E-state index is 0. The van der Waals surface area contributed by atoms with E-state index in [0.29, 0.717) is 5.69 Å². The van der Waals surface area contributed by atoms with E-state index in [9.17, 15) is 0 Å². The predicted molar refractivity (Wildman–Crippen MR) is 58.8 cm³/mol. The summed E-state index contributed by atoms with van der Waals surface area (Å²) < 4.78 is -0.241. The average molecular weight is 277 g/mol. The van der Waals surface area contributed by atoms with Gasteiger partial charge in [-0.15, -0.1) is 17.0 Å². The molecule has 1 rings (SSSR count). The Morgan fingerprint density at radius 1 is 1.36 bits per heavy atom. The van der Waals surface area contributed by atoms with Crippen LogP contribution in [0.15, 0.2) is 29.6 Å². The molecule has 1 heterocycles. The molecular formula is C7H7Cl4N2O+. The Kier molecular flexibility index (Phi) is 5.52. The molecule has 0 atom stereocenters. The predicted octanol–water partition coefficient (Wildman–Crippen LogP) is 2.49. The Morgan fingerprint density at radius 3 is 2.50 bits per heavy atom. The highest BCUT2D eigenvalue weighted by atomic mass is 35.6. The third kappa shape index (κ3) is 3.50. The summed E-state index contributed by atoms with van der Waals surface area (Å²) in [6.45, 7) is 0. The third-order valence-electron chi connectivity index (χ3n) is 1.35. The van der Waals surface area contributed by atoms with Gasteiger partial charge in [-0.05, 0) is 40.9 Å². The number of hydrogen-bond donors (Lipinski definition) is 1. The SMILES string of the molecule is Cl.ON=Cc1cccc[n+]1C(Cl)(Cl)Cl. The number of pyridine rings is 1. The zero-order chi connectivity index (χ0) is 9.90. The summed E-state index contributed by atoms with van der Waals surface area (Å²) in [6, 6.07) is 5.10. The van der Waals surface area contributed by atoms with Gasteiger partial charge in [0, 0.05) is 12.1 Å². The van der Waals surface area contributed by atoms with Gasteiger partial charge in [0.05, 0.1) is 0 Å². The van der Waals surface area contributed by atoms with Gasteiger partial charge in [0.2, 0.25) is 5.69 Å². The summed E-state index contributed by atoms with van der Waals surface area (Å²) in [6.07, 6.45) is 2.76. The smallest absolute Gasteiger partial charge is 0.399 e. The van der Waals surface area contributed by atoms with Crippen LogP contribution >= 0.6 is 47.2 Å². The molecule has 0 spiro atoms. The van der Waals surface area contributed by atoms with Crippen molar-refractivity contribution in [3.8, 4) is 0 Å². The fourth-order valence-electron chi connectivity index (χ4n) is 0.852. The first kappa shape index (κ1) is 13.8. The fourth-order valence-corrected chi connectivity index (χ4v) is 1.31. The summed E-state index contributed by atoms with van der Waals surface area (Å²) in [5.74, 6) is 0. The molecule has 1 aromatic heterocycles. The molecule has 0 saturated carbocycles. The monoisotopic (exact) mass is 275 g/mol. The number of halogens is 4. The van der Waals surface area contributed by atoms with Crippen LogP contribution in [0.1, 0.15) is 5.69 Å². The van der Waals surface area contributed by atoms with Gasteiger partial charge in [-0.25, -0.2) is 0 Å². The van der Waals surface area contributed by atoms with Gasteiger partial charge in [-0.3, -0.25) is 0 Å². The van der Waals surface area contributed by atoms with Crippen LogP contribution in [0.5, 0.6) is 0 Å². The van der Waals surface area contributed by atoms with Crippen molar-refractivity contribution in [2.45, 2.75) is 3.92 Å². The van der Waals surface area contributed by atoms with Crippen molar-refractivity contribution in [2.24, 2.45) is 5.16 Å². The van der Waals surface area contributed by atoms with Gasteiger partial charge in [0.1, 0.15) is 6.21 Å². The molecular weight excluding hydrogens is 270 g/mol. The highest BCUT2D eigenvalue weighted by molar-refractivity contribution is 6.63. The Labute approximate surface area is 102 Å². The minimum atomic E-state index is -1.59. The van der Waals surface area contributed by atoms with Crippen LogP contribution in [0.25, 0.3) is 0 Å². The lowest BCUT2D eigenvalue weighted by Gasteiger charge is -2.06. The summed E-state index contributed by atoms with van der Waals surface area (Å²) >= 11 is 16.9. The summed E-state index contributed by atoms with van der Waals surface area (Å²) in [5, 5.41) is 11.2. The van der Waals surface area contributed by atoms with Crippen LogP contribution in [0.2, 0.25) is 0 Å². The maximum atomic E-state index is 8.34. The Morgan fingerprint density at radius 2 is 2.00 bits per heavy atom. The van der Waals surface area contributed by atoms with Gasteiger partial charge in [0.15, 0.2) is 6.20 Å². The summed E-state index contributed by atoms with van der Waals surface area (Å²) in [4.78, 5) is 0.